The number of halogens is 2. The summed E-state index contributed by atoms with van der Waals surface area (Å²) in [7, 11) is -3.52. The van der Waals surface area contributed by atoms with Gasteiger partial charge in [0.15, 0.2) is 15.0 Å². The fourth-order valence-corrected chi connectivity index (χ4v) is 8.35. The minimum atomic E-state index is -3.52. The zero-order chi connectivity index (χ0) is 23.0. The molecule has 2 aliphatic carbocycles. The van der Waals surface area contributed by atoms with Crippen LogP contribution in [0.2, 0.25) is 4.34 Å². The zero-order valence-corrected chi connectivity index (χ0v) is 22.2. The summed E-state index contributed by atoms with van der Waals surface area (Å²) in [5.41, 5.74) is 0.0423. The Kier molecular flexibility index (Phi) is 7.33. The van der Waals surface area contributed by atoms with E-state index in [-0.39, 0.29) is 14.4 Å². The zero-order valence-electron chi connectivity index (χ0n) is 17.6. The van der Waals surface area contributed by atoms with Gasteiger partial charge in [-0.15, -0.1) is 0 Å². The summed E-state index contributed by atoms with van der Waals surface area (Å²) in [4.78, 5) is 31.0. The van der Waals surface area contributed by atoms with Crippen molar-refractivity contribution in [1.29, 1.82) is 0 Å². The third kappa shape index (κ3) is 5.07. The van der Waals surface area contributed by atoms with Crippen LogP contribution < -0.4 is 10.9 Å². The molecule has 0 aliphatic heterocycles. The van der Waals surface area contributed by atoms with Crippen LogP contribution in [-0.2, 0) is 14.6 Å². The molecule has 0 spiro atoms. The van der Waals surface area contributed by atoms with Crippen molar-refractivity contribution in [2.45, 2.75) is 74.5 Å². The smallest absolute Gasteiger partial charge is 0.266 e. The molecule has 32 heavy (non-hydrogen) atoms. The van der Waals surface area contributed by atoms with Crippen molar-refractivity contribution >= 4 is 66.4 Å². The van der Waals surface area contributed by atoms with Gasteiger partial charge in [-0.3, -0.25) is 14.2 Å². The fraction of sp³-hybridized carbons (Fsp3) is 0.571. The molecule has 4 rings (SSSR count). The van der Waals surface area contributed by atoms with Crippen molar-refractivity contribution in [3.8, 4) is 0 Å². The third-order valence-electron chi connectivity index (χ3n) is 6.22. The van der Waals surface area contributed by atoms with Gasteiger partial charge in [0.1, 0.15) is 10.4 Å². The molecule has 2 heterocycles. The van der Waals surface area contributed by atoms with Crippen LogP contribution in [0.25, 0.3) is 0 Å². The lowest BCUT2D eigenvalue weighted by atomic mass is 9.84. The number of pyridine rings is 1. The first-order valence-corrected chi connectivity index (χ1v) is 14.6. The molecule has 2 saturated carbocycles. The fourth-order valence-electron chi connectivity index (χ4n) is 4.42. The molecule has 2 aliphatic rings. The summed E-state index contributed by atoms with van der Waals surface area (Å²) in [6.07, 6.45) is 8.71. The predicted molar refractivity (Wildman–Crippen MR) is 134 cm³/mol. The number of aromatic nitrogens is 2. The Morgan fingerprint density at radius 1 is 1.31 bits per heavy atom. The Labute approximate surface area is 210 Å². The summed E-state index contributed by atoms with van der Waals surface area (Å²) in [5, 5.41) is 2.78. The Bertz CT molecular complexity index is 1180. The first-order chi connectivity index (χ1) is 15.2. The van der Waals surface area contributed by atoms with Crippen molar-refractivity contribution in [3.05, 3.63) is 36.2 Å². The lowest BCUT2D eigenvalue weighted by molar-refractivity contribution is -0.120. The van der Waals surface area contributed by atoms with Gasteiger partial charge >= 0.3 is 0 Å². The van der Waals surface area contributed by atoms with Crippen LogP contribution in [-0.4, -0.2) is 29.1 Å². The van der Waals surface area contributed by atoms with Crippen LogP contribution in [0.15, 0.2) is 22.0 Å². The minimum Gasteiger partial charge on any atom is -0.300 e. The van der Waals surface area contributed by atoms with Gasteiger partial charge in [0.2, 0.25) is 5.91 Å². The van der Waals surface area contributed by atoms with E-state index in [0.717, 1.165) is 37.0 Å². The molecule has 0 saturated heterocycles. The molecule has 11 heteroatoms. The largest absolute Gasteiger partial charge is 0.300 e. The monoisotopic (exact) mass is 609 g/mol. The Hall–Kier alpha value is -0.980. The second-order valence-electron chi connectivity index (χ2n) is 8.60. The van der Waals surface area contributed by atoms with Gasteiger partial charge in [-0.2, -0.15) is 0 Å². The van der Waals surface area contributed by atoms with Crippen molar-refractivity contribution < 1.29 is 13.2 Å². The Balaban J connectivity index is 1.73. The highest BCUT2D eigenvalue weighted by Gasteiger charge is 2.39. The predicted octanol–water partition coefficient (Wildman–Crippen LogP) is 4.96. The number of nitrogens with one attached hydrogen (secondary N) is 1. The Morgan fingerprint density at radius 2 is 2.00 bits per heavy atom. The van der Waals surface area contributed by atoms with Gasteiger partial charge in [-0.25, -0.2) is 13.4 Å². The van der Waals surface area contributed by atoms with Crippen LogP contribution in [0.4, 0.5) is 5.13 Å². The molecule has 2 fully saturated rings. The van der Waals surface area contributed by atoms with E-state index in [1.807, 2.05) is 22.6 Å². The number of carbonyl (C=O) groups excluding carboxylic acids is 1. The number of rotatable bonds is 7. The molecule has 0 unspecified atom stereocenters. The number of amides is 1. The van der Waals surface area contributed by atoms with Gasteiger partial charge in [0.05, 0.1) is 19.9 Å². The summed E-state index contributed by atoms with van der Waals surface area (Å²) in [5.74, 6) is -0.00129. The first-order valence-electron chi connectivity index (χ1n) is 10.8. The number of hydrogen-bond donors (Lipinski definition) is 1. The molecule has 174 valence electrons. The first kappa shape index (κ1) is 24.2. The molecule has 1 N–H and O–H groups in total. The van der Waals surface area contributed by atoms with Crippen LogP contribution >= 0.6 is 45.5 Å². The molecule has 2 aromatic rings. The molecule has 7 nitrogen and oxygen atoms in total. The highest BCUT2D eigenvalue weighted by molar-refractivity contribution is 14.1. The molecule has 1 atom stereocenters. The lowest BCUT2D eigenvalue weighted by Gasteiger charge is -2.28. The number of sulfone groups is 1. The molecule has 0 aromatic carbocycles. The van der Waals surface area contributed by atoms with Crippen molar-refractivity contribution in [2.24, 2.45) is 5.92 Å². The van der Waals surface area contributed by atoms with Crippen molar-refractivity contribution in [1.82, 2.24) is 9.55 Å². The van der Waals surface area contributed by atoms with Gasteiger partial charge < -0.3 is 5.32 Å². The van der Waals surface area contributed by atoms with Gasteiger partial charge in [-0.1, -0.05) is 55.0 Å². The van der Waals surface area contributed by atoms with E-state index < -0.39 is 26.7 Å². The van der Waals surface area contributed by atoms with Gasteiger partial charge in [0, 0.05) is 5.69 Å². The van der Waals surface area contributed by atoms with E-state index >= 15 is 0 Å². The standard InChI is InChI=1S/C21H25ClIN3O4S2/c1-12-9-16(32(29,30)14-7-8-14)18(23)20(28)26(12)15(10-13-5-3-2-4-6-13)19(27)25-21-24-11-17(22)31-21/h9,11,13-15H,2-8,10H2,1H3,(H,24,25,27)/t15-/m1/s1. The van der Waals surface area contributed by atoms with Crippen molar-refractivity contribution in [3.63, 3.8) is 0 Å². The molecular weight excluding hydrogens is 585 g/mol. The number of nitrogens with zero attached hydrogens (tertiary/aromatic N) is 2. The molecule has 0 bridgehead atoms. The Morgan fingerprint density at radius 3 is 2.59 bits per heavy atom. The molecule has 0 radical (unpaired) electrons. The van der Waals surface area contributed by atoms with Crippen LogP contribution in [0.1, 0.15) is 63.1 Å². The van der Waals surface area contributed by atoms with E-state index in [1.54, 1.807) is 13.0 Å². The highest BCUT2D eigenvalue weighted by Crippen LogP contribution is 2.36. The van der Waals surface area contributed by atoms with E-state index in [0.29, 0.717) is 40.3 Å². The average molecular weight is 610 g/mol. The summed E-state index contributed by atoms with van der Waals surface area (Å²) in [6.45, 7) is 1.70. The maximum Gasteiger partial charge on any atom is 0.266 e. The molecular formula is C21H25ClIN3O4S2. The van der Waals surface area contributed by atoms with Crippen LogP contribution in [0, 0.1) is 16.4 Å². The van der Waals surface area contributed by atoms with E-state index in [4.69, 9.17) is 11.6 Å². The number of thiazole rings is 1. The van der Waals surface area contributed by atoms with Gasteiger partial charge in [-0.05, 0) is 60.8 Å². The SMILES string of the molecule is Cc1cc(S(=O)(=O)C2CC2)c(I)c(=O)n1[C@H](CC1CCCCC1)C(=O)Nc1ncc(Cl)s1. The number of anilines is 1. The molecule has 2 aromatic heterocycles. The number of aryl methyl sites for hydroxylation is 1. The maximum atomic E-state index is 13.4. The number of hydrogen-bond acceptors (Lipinski definition) is 6. The average Bonchev–Trinajstić information content (AvgIpc) is 3.54. The summed E-state index contributed by atoms with van der Waals surface area (Å²) >= 11 is 8.92. The van der Waals surface area contributed by atoms with Crippen LogP contribution in [0.3, 0.4) is 0 Å². The number of carbonyl (C=O) groups is 1. The third-order valence-corrected chi connectivity index (χ3v) is 10.9. The normalized spacial score (nSPS) is 18.5. The van der Waals surface area contributed by atoms with Crippen LogP contribution in [0.5, 0.6) is 0 Å². The maximum absolute atomic E-state index is 13.4. The second-order valence-corrected chi connectivity index (χ2v) is 13.5. The van der Waals surface area contributed by atoms with E-state index in [9.17, 15) is 18.0 Å². The highest BCUT2D eigenvalue weighted by atomic mass is 127. The quantitative estimate of drug-likeness (QED) is 0.448. The van der Waals surface area contributed by atoms with Crippen molar-refractivity contribution in [2.75, 3.05) is 5.32 Å². The molecule has 1 amide bonds. The lowest BCUT2D eigenvalue weighted by Crippen LogP contribution is -2.38. The summed E-state index contributed by atoms with van der Waals surface area (Å²) < 4.78 is 27.8. The summed E-state index contributed by atoms with van der Waals surface area (Å²) in [6, 6.07) is 0.803. The van der Waals surface area contributed by atoms with E-state index in [1.165, 1.54) is 17.2 Å². The van der Waals surface area contributed by atoms with E-state index in [2.05, 4.69) is 10.3 Å². The topological polar surface area (TPSA) is 98.1 Å². The second kappa shape index (κ2) is 9.71. The van der Waals surface area contributed by atoms with Gasteiger partial charge in [0.25, 0.3) is 5.56 Å². The minimum absolute atomic E-state index is 0.0860.